The van der Waals surface area contributed by atoms with Crippen molar-refractivity contribution in [3.8, 4) is 0 Å². The Balaban J connectivity index is 0.000000243. The summed E-state index contributed by atoms with van der Waals surface area (Å²) < 4.78 is 5.51. The first-order chi connectivity index (χ1) is 11.5. The van der Waals surface area contributed by atoms with Crippen molar-refractivity contribution in [2.75, 3.05) is 26.8 Å². The Morgan fingerprint density at radius 1 is 0.917 bits per heavy atom. The van der Waals surface area contributed by atoms with Gasteiger partial charge in [-0.2, -0.15) is 0 Å². The van der Waals surface area contributed by atoms with Gasteiger partial charge in [-0.25, -0.2) is 0 Å². The number of hydrogen-bond donors (Lipinski definition) is 0. The van der Waals surface area contributed by atoms with Crippen LogP contribution in [0.4, 0.5) is 0 Å². The van der Waals surface area contributed by atoms with E-state index in [-0.39, 0.29) is 0 Å². The molecule has 1 aliphatic heterocycles. The predicted octanol–water partition coefficient (Wildman–Crippen LogP) is 6.00. The van der Waals surface area contributed by atoms with E-state index in [2.05, 4.69) is 46.6 Å². The lowest BCUT2D eigenvalue weighted by Gasteiger charge is -2.17. The average molecular weight is 340 g/mol. The third-order valence-electron chi connectivity index (χ3n) is 6.35. The van der Waals surface area contributed by atoms with Crippen LogP contribution in [0, 0.1) is 23.7 Å². The fourth-order valence-corrected chi connectivity index (χ4v) is 4.78. The van der Waals surface area contributed by atoms with Crippen molar-refractivity contribution in [2.45, 2.75) is 92.0 Å². The summed E-state index contributed by atoms with van der Waals surface area (Å²) >= 11 is 0. The normalized spacial score (nSPS) is 33.5. The molecule has 0 spiro atoms. The Morgan fingerprint density at radius 3 is 2.17 bits per heavy atom. The zero-order chi connectivity index (χ0) is 17.9. The standard InChI is InChI=1S/C12H24O.C10H21N/c1-4-6-11-7-10(3)12(8-11)9-13-5-2;1-4-6-10-7-9(5-2)8-11(10)3/h10-12H,4-9H2,1-3H3;9-10H,4-8H2,1-3H3. The molecule has 2 nitrogen and oxygen atoms in total. The first-order valence-corrected chi connectivity index (χ1v) is 10.8. The molecule has 0 N–H and O–H groups in total. The van der Waals surface area contributed by atoms with Crippen LogP contribution >= 0.6 is 0 Å². The van der Waals surface area contributed by atoms with E-state index in [1.54, 1.807) is 0 Å². The van der Waals surface area contributed by atoms with Gasteiger partial charge in [0.1, 0.15) is 0 Å². The Kier molecular flexibility index (Phi) is 11.3. The predicted molar refractivity (Wildman–Crippen MR) is 107 cm³/mol. The second-order valence-electron chi connectivity index (χ2n) is 8.41. The van der Waals surface area contributed by atoms with Gasteiger partial charge in [-0.1, -0.05) is 53.4 Å². The number of ether oxygens (including phenoxy) is 1. The van der Waals surface area contributed by atoms with Crippen LogP contribution in [0.2, 0.25) is 0 Å². The quantitative estimate of drug-likeness (QED) is 0.537. The van der Waals surface area contributed by atoms with E-state index in [1.165, 1.54) is 57.9 Å². The summed E-state index contributed by atoms with van der Waals surface area (Å²) in [4.78, 5) is 2.54. The molecule has 0 radical (unpaired) electrons. The molecule has 2 fully saturated rings. The molecule has 0 aromatic heterocycles. The van der Waals surface area contributed by atoms with Crippen LogP contribution in [-0.2, 0) is 4.74 Å². The Morgan fingerprint density at radius 2 is 1.62 bits per heavy atom. The highest BCUT2D eigenvalue weighted by molar-refractivity contribution is 4.82. The van der Waals surface area contributed by atoms with Crippen molar-refractivity contribution in [2.24, 2.45) is 23.7 Å². The number of likely N-dealkylation sites (tertiary alicyclic amines) is 1. The molecule has 5 unspecified atom stereocenters. The monoisotopic (exact) mass is 339 g/mol. The molecule has 1 aliphatic carbocycles. The van der Waals surface area contributed by atoms with E-state index >= 15 is 0 Å². The van der Waals surface area contributed by atoms with Crippen LogP contribution in [-0.4, -0.2) is 37.7 Å². The summed E-state index contributed by atoms with van der Waals surface area (Å²) in [7, 11) is 2.27. The first kappa shape index (κ1) is 22.0. The fourth-order valence-electron chi connectivity index (χ4n) is 4.78. The summed E-state index contributed by atoms with van der Waals surface area (Å²) in [5.41, 5.74) is 0. The molecule has 5 atom stereocenters. The van der Waals surface area contributed by atoms with E-state index < -0.39 is 0 Å². The van der Waals surface area contributed by atoms with Crippen LogP contribution in [0.3, 0.4) is 0 Å². The average Bonchev–Trinajstić information content (AvgIpc) is 3.09. The highest BCUT2D eigenvalue weighted by atomic mass is 16.5. The van der Waals surface area contributed by atoms with Gasteiger partial charge < -0.3 is 9.64 Å². The molecule has 0 aromatic rings. The lowest BCUT2D eigenvalue weighted by atomic mass is 9.99. The topological polar surface area (TPSA) is 12.5 Å². The van der Waals surface area contributed by atoms with Crippen LogP contribution in [0.25, 0.3) is 0 Å². The van der Waals surface area contributed by atoms with Gasteiger partial charge in [0.25, 0.3) is 0 Å². The van der Waals surface area contributed by atoms with E-state index in [4.69, 9.17) is 4.74 Å². The van der Waals surface area contributed by atoms with E-state index in [0.29, 0.717) is 0 Å². The molecule has 0 bridgehead atoms. The lowest BCUT2D eigenvalue weighted by molar-refractivity contribution is 0.0976. The molecule has 24 heavy (non-hydrogen) atoms. The molecule has 1 heterocycles. The van der Waals surface area contributed by atoms with E-state index in [9.17, 15) is 0 Å². The molecule has 2 rings (SSSR count). The second-order valence-corrected chi connectivity index (χ2v) is 8.41. The molecular formula is C22H45NO. The minimum atomic E-state index is 0.844. The summed E-state index contributed by atoms with van der Waals surface area (Å²) in [6.45, 7) is 14.6. The molecule has 2 aliphatic rings. The summed E-state index contributed by atoms with van der Waals surface area (Å²) in [5, 5.41) is 0. The van der Waals surface area contributed by atoms with Crippen molar-refractivity contribution >= 4 is 0 Å². The second kappa shape index (κ2) is 12.3. The SMILES string of the molecule is CCCC1CC(C)C(COCC)C1.CCCC1CC(CC)CN1C. The zero-order valence-corrected chi connectivity index (χ0v) is 17.5. The van der Waals surface area contributed by atoms with Crippen molar-refractivity contribution in [1.82, 2.24) is 4.90 Å². The molecular weight excluding hydrogens is 294 g/mol. The first-order valence-electron chi connectivity index (χ1n) is 10.8. The maximum absolute atomic E-state index is 5.51. The van der Waals surface area contributed by atoms with Crippen LogP contribution in [0.5, 0.6) is 0 Å². The third-order valence-corrected chi connectivity index (χ3v) is 6.35. The number of rotatable bonds is 8. The Hall–Kier alpha value is -0.0800. The molecule has 0 amide bonds. The van der Waals surface area contributed by atoms with Gasteiger partial charge in [-0.3, -0.25) is 0 Å². The van der Waals surface area contributed by atoms with Crippen molar-refractivity contribution in [3.63, 3.8) is 0 Å². The molecule has 0 aromatic carbocycles. The van der Waals surface area contributed by atoms with Gasteiger partial charge in [0.15, 0.2) is 0 Å². The van der Waals surface area contributed by atoms with Gasteiger partial charge in [-0.05, 0) is 63.3 Å². The van der Waals surface area contributed by atoms with Crippen molar-refractivity contribution < 1.29 is 4.74 Å². The zero-order valence-electron chi connectivity index (χ0n) is 17.5. The smallest absolute Gasteiger partial charge is 0.0496 e. The number of hydrogen-bond acceptors (Lipinski definition) is 2. The lowest BCUT2D eigenvalue weighted by Crippen LogP contribution is -2.24. The van der Waals surface area contributed by atoms with Gasteiger partial charge in [-0.15, -0.1) is 0 Å². The summed E-state index contributed by atoms with van der Waals surface area (Å²) in [6.07, 6.45) is 11.2. The Bertz CT molecular complexity index is 306. The summed E-state index contributed by atoms with van der Waals surface area (Å²) in [5.74, 6) is 3.71. The van der Waals surface area contributed by atoms with Gasteiger partial charge in [0, 0.05) is 25.8 Å². The number of nitrogens with zero attached hydrogens (tertiary/aromatic N) is 1. The van der Waals surface area contributed by atoms with Gasteiger partial charge >= 0.3 is 0 Å². The Labute approximate surface area is 152 Å². The molecule has 1 saturated heterocycles. The molecule has 1 saturated carbocycles. The summed E-state index contributed by atoms with van der Waals surface area (Å²) in [6, 6.07) is 0.893. The minimum Gasteiger partial charge on any atom is -0.381 e. The highest BCUT2D eigenvalue weighted by Gasteiger charge is 2.30. The van der Waals surface area contributed by atoms with Gasteiger partial charge in [0.2, 0.25) is 0 Å². The van der Waals surface area contributed by atoms with Crippen molar-refractivity contribution in [1.29, 1.82) is 0 Å². The van der Waals surface area contributed by atoms with Crippen LogP contribution < -0.4 is 0 Å². The maximum Gasteiger partial charge on any atom is 0.0496 e. The third kappa shape index (κ3) is 7.44. The molecule has 2 heteroatoms. The highest BCUT2D eigenvalue weighted by Crippen LogP contribution is 2.38. The van der Waals surface area contributed by atoms with E-state index in [1.807, 2.05) is 0 Å². The minimum absolute atomic E-state index is 0.844. The van der Waals surface area contributed by atoms with Crippen LogP contribution in [0.1, 0.15) is 86.0 Å². The van der Waals surface area contributed by atoms with E-state index in [0.717, 1.165) is 42.9 Å². The molecule has 144 valence electrons. The maximum atomic E-state index is 5.51. The fraction of sp³-hybridized carbons (Fsp3) is 1.00. The van der Waals surface area contributed by atoms with Gasteiger partial charge in [0.05, 0.1) is 0 Å². The van der Waals surface area contributed by atoms with Crippen LogP contribution in [0.15, 0.2) is 0 Å². The largest absolute Gasteiger partial charge is 0.381 e. The van der Waals surface area contributed by atoms with Crippen molar-refractivity contribution in [3.05, 3.63) is 0 Å².